The van der Waals surface area contributed by atoms with Crippen LogP contribution in [0.3, 0.4) is 0 Å². The highest BCUT2D eigenvalue weighted by Gasteiger charge is 2.43. The van der Waals surface area contributed by atoms with Crippen LogP contribution in [0.4, 0.5) is 0 Å². The molecule has 2 atom stereocenters. The second-order valence-corrected chi connectivity index (χ2v) is 16.2. The van der Waals surface area contributed by atoms with Crippen LogP contribution in [-0.4, -0.2) is 38.5 Å². The molecular weight excluding hydrogens is 696 g/mol. The Morgan fingerprint density at radius 1 is 0.578 bits per heavy atom. The van der Waals surface area contributed by atoms with Gasteiger partial charge < -0.3 is 0 Å². The van der Waals surface area contributed by atoms with Gasteiger partial charge in [-0.05, 0) is 71.2 Å². The van der Waals surface area contributed by atoms with Crippen molar-refractivity contribution >= 4 is 66.8 Å². The number of benzene rings is 4. The average Bonchev–Trinajstić information content (AvgIpc) is 3.01. The van der Waals surface area contributed by atoms with E-state index in [2.05, 4.69) is 4.13 Å². The van der Waals surface area contributed by atoms with Crippen LogP contribution in [-0.2, 0) is 46.1 Å². The van der Waals surface area contributed by atoms with E-state index in [9.17, 15) is 16.8 Å². The van der Waals surface area contributed by atoms with E-state index in [-0.39, 0.29) is 36.0 Å². The molecule has 7 nitrogen and oxygen atoms in total. The average molecular weight is 726 g/mol. The molecule has 0 spiro atoms. The van der Waals surface area contributed by atoms with E-state index in [0.717, 1.165) is 22.3 Å². The molecule has 0 aromatic heterocycles. The third-order valence-corrected chi connectivity index (χ3v) is 13.8. The molecule has 6 rings (SSSR count). The molecule has 2 heterocycles. The van der Waals surface area contributed by atoms with Crippen molar-refractivity contribution in [2.24, 2.45) is 0 Å². The maximum atomic E-state index is 14.2. The summed E-state index contributed by atoms with van der Waals surface area (Å²) in [4.78, 5) is 0. The van der Waals surface area contributed by atoms with Crippen molar-refractivity contribution in [2.45, 2.75) is 37.8 Å². The maximum Gasteiger partial charge on any atom is 0.294 e. The molecule has 4 aromatic rings. The predicted molar refractivity (Wildman–Crippen MR) is 180 cm³/mol. The molecule has 0 saturated carbocycles. The first kappa shape index (κ1) is 32.7. The van der Waals surface area contributed by atoms with E-state index in [0.29, 0.717) is 34.0 Å². The van der Waals surface area contributed by atoms with Crippen LogP contribution >= 0.6 is 46.4 Å². The second kappa shape index (κ2) is 13.1. The van der Waals surface area contributed by atoms with Gasteiger partial charge in [0.2, 0.25) is 0 Å². The van der Waals surface area contributed by atoms with Gasteiger partial charge in [-0.2, -0.15) is 25.4 Å². The first-order valence-corrected chi connectivity index (χ1v) is 18.7. The molecule has 0 radical (unpaired) electrons. The van der Waals surface area contributed by atoms with Gasteiger partial charge in [0.25, 0.3) is 20.4 Å². The minimum Gasteiger partial charge on any atom is -0.194 e. The third-order valence-electron chi connectivity index (χ3n) is 8.38. The quantitative estimate of drug-likeness (QED) is 0.206. The summed E-state index contributed by atoms with van der Waals surface area (Å²) < 4.78 is 61.1. The van der Waals surface area contributed by atoms with Gasteiger partial charge in [-0.3, -0.25) is 0 Å². The first-order chi connectivity index (χ1) is 21.5. The van der Waals surface area contributed by atoms with E-state index in [1.807, 2.05) is 72.8 Å². The zero-order valence-corrected chi connectivity index (χ0v) is 28.5. The molecule has 0 aliphatic carbocycles. The van der Waals surface area contributed by atoms with Crippen molar-refractivity contribution < 1.29 is 16.8 Å². The molecule has 2 aliphatic rings. The Balaban J connectivity index is 1.38. The first-order valence-electron chi connectivity index (χ1n) is 14.3. The smallest absolute Gasteiger partial charge is 0.194 e. The lowest BCUT2D eigenvalue weighted by molar-refractivity contribution is 0.295. The highest BCUT2D eigenvalue weighted by atomic mass is 35.5. The number of rotatable bonds is 8. The SMILES string of the molecule is O=S(=O)(NS(=O)(=O)N1CCc2ccc(Cl)c(Cl)c2C1Cc1ccccc1)N1CCc2ccc(Cl)c(Cl)c2C1Cc1ccccc1. The van der Waals surface area contributed by atoms with Gasteiger partial charge in [0.15, 0.2) is 0 Å². The van der Waals surface area contributed by atoms with Crippen LogP contribution < -0.4 is 4.13 Å². The lowest BCUT2D eigenvalue weighted by Gasteiger charge is -2.39. The van der Waals surface area contributed by atoms with E-state index >= 15 is 0 Å². The highest BCUT2D eigenvalue weighted by molar-refractivity contribution is 8.02. The van der Waals surface area contributed by atoms with Gasteiger partial charge in [0.1, 0.15) is 0 Å². The van der Waals surface area contributed by atoms with E-state index in [1.165, 1.54) is 8.61 Å². The van der Waals surface area contributed by atoms with Gasteiger partial charge >= 0.3 is 0 Å². The Morgan fingerprint density at radius 3 is 1.33 bits per heavy atom. The van der Waals surface area contributed by atoms with E-state index in [4.69, 9.17) is 46.4 Å². The second-order valence-electron chi connectivity index (χ2n) is 11.1. The van der Waals surface area contributed by atoms with Gasteiger partial charge in [0, 0.05) is 13.1 Å². The highest BCUT2D eigenvalue weighted by Crippen LogP contribution is 2.43. The number of nitrogens with one attached hydrogen (secondary N) is 1. The molecule has 45 heavy (non-hydrogen) atoms. The van der Waals surface area contributed by atoms with Gasteiger partial charge in [-0.25, -0.2) is 0 Å². The molecule has 0 saturated heterocycles. The normalized spacial score (nSPS) is 19.2. The summed E-state index contributed by atoms with van der Waals surface area (Å²) in [6.07, 6.45) is 1.19. The largest absolute Gasteiger partial charge is 0.294 e. The van der Waals surface area contributed by atoms with Crippen molar-refractivity contribution in [3.8, 4) is 0 Å². The Bertz CT molecular complexity index is 1810. The summed E-state index contributed by atoms with van der Waals surface area (Å²) in [5.74, 6) is 0. The lowest BCUT2D eigenvalue weighted by atomic mass is 9.90. The van der Waals surface area contributed by atoms with Crippen molar-refractivity contribution in [3.63, 3.8) is 0 Å². The summed E-state index contributed by atoms with van der Waals surface area (Å²) in [5.41, 5.74) is 4.58. The van der Waals surface area contributed by atoms with Crippen LogP contribution in [0.5, 0.6) is 0 Å². The van der Waals surface area contributed by atoms with Gasteiger partial charge in [0.05, 0.1) is 32.2 Å². The summed E-state index contributed by atoms with van der Waals surface area (Å²) in [6.45, 7) is 0.0933. The molecule has 2 unspecified atom stereocenters. The van der Waals surface area contributed by atoms with Crippen LogP contribution in [0.25, 0.3) is 0 Å². The molecule has 0 amide bonds. The topological polar surface area (TPSA) is 86.8 Å². The Kier molecular flexibility index (Phi) is 9.56. The molecule has 13 heteroatoms. The molecule has 1 N–H and O–H groups in total. The van der Waals surface area contributed by atoms with Gasteiger partial charge in [-0.1, -0.05) is 123 Å². The van der Waals surface area contributed by atoms with E-state index < -0.39 is 32.5 Å². The van der Waals surface area contributed by atoms with Gasteiger partial charge in [-0.15, -0.1) is 0 Å². The van der Waals surface area contributed by atoms with Crippen LogP contribution in [0, 0.1) is 0 Å². The standard InChI is InChI=1S/C32H29Cl4N3O4S2/c33-25-13-11-23-15-17-38(27(29(23)31(25)35)19-21-7-3-1-4-8-21)44(40,41)37-45(42,43)39-18-16-24-12-14-26(34)32(36)30(24)28(39)20-22-9-5-2-6-10-22/h1-14,27-28,37H,15-20H2. The molecular formula is C32H29Cl4N3O4S2. The van der Waals surface area contributed by atoms with Crippen molar-refractivity contribution in [2.75, 3.05) is 13.1 Å². The van der Waals surface area contributed by atoms with Crippen LogP contribution in [0.1, 0.15) is 45.5 Å². The minimum atomic E-state index is -4.63. The zero-order valence-electron chi connectivity index (χ0n) is 23.8. The number of hydrogen-bond acceptors (Lipinski definition) is 4. The predicted octanol–water partition coefficient (Wildman–Crippen LogP) is 7.36. The van der Waals surface area contributed by atoms with Crippen molar-refractivity contribution in [3.05, 3.63) is 138 Å². The Hall–Kier alpha value is -2.18. The summed E-state index contributed by atoms with van der Waals surface area (Å²) >= 11 is 26.2. The minimum absolute atomic E-state index is 0.0467. The van der Waals surface area contributed by atoms with Crippen LogP contribution in [0.15, 0.2) is 84.9 Å². The van der Waals surface area contributed by atoms with Crippen LogP contribution in [0.2, 0.25) is 20.1 Å². The number of fused-ring (bicyclic) bond motifs is 2. The summed E-state index contributed by atoms with van der Waals surface area (Å²) in [6, 6.07) is 24.2. The molecule has 0 fully saturated rings. The van der Waals surface area contributed by atoms with Crippen molar-refractivity contribution in [1.29, 1.82) is 0 Å². The molecule has 2 aliphatic heterocycles. The maximum absolute atomic E-state index is 14.2. The fourth-order valence-electron chi connectivity index (χ4n) is 6.32. The lowest BCUT2D eigenvalue weighted by Crippen LogP contribution is -2.53. The monoisotopic (exact) mass is 723 g/mol. The number of nitrogens with zero attached hydrogens (tertiary/aromatic N) is 2. The number of hydrogen-bond donors (Lipinski definition) is 1. The number of halogens is 4. The zero-order chi connectivity index (χ0) is 31.9. The fourth-order valence-corrected chi connectivity index (χ4v) is 10.8. The third kappa shape index (κ3) is 6.66. The Morgan fingerprint density at radius 2 is 0.956 bits per heavy atom. The Labute approximate surface area is 284 Å². The van der Waals surface area contributed by atoms with E-state index in [1.54, 1.807) is 12.1 Å². The summed E-state index contributed by atoms with van der Waals surface area (Å²) in [5, 5.41) is 1.08. The molecule has 236 valence electrons. The van der Waals surface area contributed by atoms with Crippen molar-refractivity contribution in [1.82, 2.24) is 12.7 Å². The fraction of sp³-hybridized carbons (Fsp3) is 0.250. The molecule has 4 aromatic carbocycles. The molecule has 0 bridgehead atoms. The summed E-state index contributed by atoms with van der Waals surface area (Å²) in [7, 11) is -9.26.